The molecule has 0 aliphatic carbocycles. The minimum Gasteiger partial charge on any atom is -0.376 e. The Balaban J connectivity index is 1.48. The van der Waals surface area contributed by atoms with Gasteiger partial charge < -0.3 is 9.30 Å². The van der Waals surface area contributed by atoms with Gasteiger partial charge in [-0.2, -0.15) is 4.68 Å². The standard InChI is InChI=1S/C22H27N5O2S/c1-14-7-8-20(15(2)10-14)27-22(23-24-25-27)30-13-21(28)19-11-16(3)26(17(19)4)12-18-6-5-9-29-18/h7-8,10-11,18H,5-6,9,12-13H2,1-4H3. The van der Waals surface area contributed by atoms with Crippen molar-refractivity contribution in [1.82, 2.24) is 24.8 Å². The molecule has 30 heavy (non-hydrogen) atoms. The maximum atomic E-state index is 13.0. The molecule has 0 amide bonds. The fraction of sp³-hybridized carbons (Fsp3) is 0.455. The van der Waals surface area contributed by atoms with Gasteiger partial charge in [-0.3, -0.25) is 4.79 Å². The van der Waals surface area contributed by atoms with Crippen molar-refractivity contribution in [3.8, 4) is 5.69 Å². The molecule has 1 aromatic carbocycles. The Bertz CT molecular complexity index is 1070. The summed E-state index contributed by atoms with van der Waals surface area (Å²) < 4.78 is 9.67. The molecule has 0 saturated carbocycles. The van der Waals surface area contributed by atoms with Gasteiger partial charge in [0, 0.05) is 30.1 Å². The highest BCUT2D eigenvalue weighted by Gasteiger charge is 2.22. The van der Waals surface area contributed by atoms with Crippen molar-refractivity contribution in [2.75, 3.05) is 12.4 Å². The predicted octanol–water partition coefficient (Wildman–Crippen LogP) is 3.85. The zero-order valence-corrected chi connectivity index (χ0v) is 18.7. The van der Waals surface area contributed by atoms with E-state index in [1.165, 1.54) is 17.3 Å². The molecule has 1 saturated heterocycles. The van der Waals surface area contributed by atoms with Crippen LogP contribution in [0.25, 0.3) is 5.69 Å². The summed E-state index contributed by atoms with van der Waals surface area (Å²) in [5, 5.41) is 12.7. The van der Waals surface area contributed by atoms with Gasteiger partial charge in [-0.15, -0.1) is 5.10 Å². The van der Waals surface area contributed by atoms with Crippen LogP contribution in [0.15, 0.2) is 29.4 Å². The topological polar surface area (TPSA) is 74.8 Å². The molecule has 7 nitrogen and oxygen atoms in total. The predicted molar refractivity (Wildman–Crippen MR) is 117 cm³/mol. The Morgan fingerprint density at radius 1 is 1.23 bits per heavy atom. The molecule has 0 spiro atoms. The van der Waals surface area contributed by atoms with Gasteiger partial charge in [0.15, 0.2) is 5.78 Å². The number of rotatable bonds is 7. The number of ketones is 1. The van der Waals surface area contributed by atoms with Crippen LogP contribution in [-0.4, -0.2) is 49.0 Å². The number of aryl methyl sites for hydroxylation is 3. The van der Waals surface area contributed by atoms with Crippen LogP contribution in [-0.2, 0) is 11.3 Å². The molecule has 3 heterocycles. The highest BCUT2D eigenvalue weighted by Crippen LogP contribution is 2.25. The molecule has 1 aliphatic rings. The Morgan fingerprint density at radius 3 is 2.80 bits per heavy atom. The number of tetrazole rings is 1. The number of hydrogen-bond acceptors (Lipinski definition) is 6. The van der Waals surface area contributed by atoms with Crippen LogP contribution in [0.2, 0.25) is 0 Å². The number of Topliss-reactive ketones (excluding diaryl/α,β-unsaturated/α-hetero) is 1. The molecule has 1 atom stereocenters. The van der Waals surface area contributed by atoms with E-state index in [0.717, 1.165) is 54.2 Å². The molecule has 0 radical (unpaired) electrons. The molecule has 3 aromatic rings. The SMILES string of the molecule is Cc1ccc(-n2nnnc2SCC(=O)c2cc(C)n(CC3CCCO3)c2C)c(C)c1. The quantitative estimate of drug-likeness (QED) is 0.423. The normalized spacial score (nSPS) is 16.3. The summed E-state index contributed by atoms with van der Waals surface area (Å²) in [4.78, 5) is 13.0. The van der Waals surface area contributed by atoms with Crippen molar-refractivity contribution >= 4 is 17.5 Å². The first-order valence-electron chi connectivity index (χ1n) is 10.2. The highest BCUT2D eigenvalue weighted by atomic mass is 32.2. The van der Waals surface area contributed by atoms with Gasteiger partial charge in [0.25, 0.3) is 0 Å². The molecule has 0 N–H and O–H groups in total. The van der Waals surface area contributed by atoms with Crippen LogP contribution < -0.4 is 0 Å². The maximum absolute atomic E-state index is 13.0. The average molecular weight is 426 g/mol. The van der Waals surface area contributed by atoms with Crippen molar-refractivity contribution in [2.45, 2.75) is 58.3 Å². The van der Waals surface area contributed by atoms with E-state index < -0.39 is 0 Å². The molecule has 1 unspecified atom stereocenters. The molecule has 8 heteroatoms. The monoisotopic (exact) mass is 425 g/mol. The number of hydrogen-bond donors (Lipinski definition) is 0. The van der Waals surface area contributed by atoms with E-state index in [1.807, 2.05) is 39.0 Å². The summed E-state index contributed by atoms with van der Waals surface area (Å²) in [6.45, 7) is 9.79. The van der Waals surface area contributed by atoms with E-state index in [9.17, 15) is 4.79 Å². The van der Waals surface area contributed by atoms with Gasteiger partial charge in [0.1, 0.15) is 0 Å². The van der Waals surface area contributed by atoms with Gasteiger partial charge in [0.2, 0.25) is 5.16 Å². The Hall–Kier alpha value is -2.45. The number of carbonyl (C=O) groups excluding carboxylic acids is 1. The van der Waals surface area contributed by atoms with E-state index in [-0.39, 0.29) is 17.6 Å². The Labute approximate surface area is 180 Å². The number of thioether (sulfide) groups is 1. The molecule has 1 fully saturated rings. The summed E-state index contributed by atoms with van der Waals surface area (Å²) in [6, 6.07) is 8.12. The van der Waals surface area contributed by atoms with Crippen LogP contribution in [0.5, 0.6) is 0 Å². The number of benzene rings is 1. The van der Waals surface area contributed by atoms with E-state index in [4.69, 9.17) is 4.74 Å². The second kappa shape index (κ2) is 8.73. The summed E-state index contributed by atoms with van der Waals surface area (Å²) in [6.07, 6.45) is 2.44. The first-order valence-corrected chi connectivity index (χ1v) is 11.2. The van der Waals surface area contributed by atoms with Crippen LogP contribution in [0.4, 0.5) is 0 Å². The summed E-state index contributed by atoms with van der Waals surface area (Å²) in [5.74, 6) is 0.372. The second-order valence-electron chi connectivity index (χ2n) is 7.91. The summed E-state index contributed by atoms with van der Waals surface area (Å²) in [7, 11) is 0. The van der Waals surface area contributed by atoms with E-state index in [1.54, 1.807) is 4.68 Å². The minimum absolute atomic E-state index is 0.0851. The van der Waals surface area contributed by atoms with E-state index in [0.29, 0.717) is 5.16 Å². The molecular formula is C22H27N5O2S. The first kappa shape index (κ1) is 20.8. The number of aromatic nitrogens is 5. The lowest BCUT2D eigenvalue weighted by molar-refractivity contribution is 0.0957. The van der Waals surface area contributed by atoms with E-state index in [2.05, 4.69) is 33.1 Å². The lowest BCUT2D eigenvalue weighted by Gasteiger charge is -2.14. The zero-order chi connectivity index (χ0) is 21.3. The van der Waals surface area contributed by atoms with Crippen molar-refractivity contribution in [3.63, 3.8) is 0 Å². The first-order chi connectivity index (χ1) is 14.4. The summed E-state index contributed by atoms with van der Waals surface area (Å²) >= 11 is 1.36. The minimum atomic E-state index is 0.0851. The van der Waals surface area contributed by atoms with Crippen molar-refractivity contribution in [2.24, 2.45) is 0 Å². The molecule has 2 aromatic heterocycles. The van der Waals surface area contributed by atoms with Crippen molar-refractivity contribution in [1.29, 1.82) is 0 Å². The van der Waals surface area contributed by atoms with Gasteiger partial charge >= 0.3 is 0 Å². The number of nitrogens with zero attached hydrogens (tertiary/aromatic N) is 5. The smallest absolute Gasteiger partial charge is 0.214 e. The highest BCUT2D eigenvalue weighted by molar-refractivity contribution is 7.99. The molecule has 1 aliphatic heterocycles. The maximum Gasteiger partial charge on any atom is 0.214 e. The Morgan fingerprint density at radius 2 is 2.07 bits per heavy atom. The fourth-order valence-corrected chi connectivity index (χ4v) is 4.79. The van der Waals surface area contributed by atoms with Gasteiger partial charge in [-0.25, -0.2) is 0 Å². The lowest BCUT2D eigenvalue weighted by atomic mass is 10.1. The largest absolute Gasteiger partial charge is 0.376 e. The third-order valence-corrected chi connectivity index (χ3v) is 6.56. The number of ether oxygens (including phenoxy) is 1. The van der Waals surface area contributed by atoms with Gasteiger partial charge in [-0.05, 0) is 68.7 Å². The third kappa shape index (κ3) is 4.20. The van der Waals surface area contributed by atoms with Crippen LogP contribution in [0.1, 0.15) is 45.7 Å². The molecule has 0 bridgehead atoms. The second-order valence-corrected chi connectivity index (χ2v) is 8.85. The van der Waals surface area contributed by atoms with Gasteiger partial charge in [0.05, 0.1) is 17.5 Å². The Kier molecular flexibility index (Phi) is 6.06. The lowest BCUT2D eigenvalue weighted by Crippen LogP contribution is -2.17. The molecule has 4 rings (SSSR count). The molecule has 158 valence electrons. The average Bonchev–Trinajstić information content (AvgIpc) is 3.44. The zero-order valence-electron chi connectivity index (χ0n) is 17.9. The van der Waals surface area contributed by atoms with Crippen LogP contribution >= 0.6 is 11.8 Å². The summed E-state index contributed by atoms with van der Waals surface area (Å²) in [5.41, 5.74) is 6.07. The molecular weight excluding hydrogens is 398 g/mol. The van der Waals surface area contributed by atoms with Crippen molar-refractivity contribution < 1.29 is 9.53 Å². The van der Waals surface area contributed by atoms with E-state index >= 15 is 0 Å². The van der Waals surface area contributed by atoms with Crippen LogP contribution in [0.3, 0.4) is 0 Å². The van der Waals surface area contributed by atoms with Crippen molar-refractivity contribution in [3.05, 3.63) is 52.3 Å². The van der Waals surface area contributed by atoms with Gasteiger partial charge in [-0.1, -0.05) is 29.5 Å². The fourth-order valence-electron chi connectivity index (χ4n) is 4.03. The van der Waals surface area contributed by atoms with Crippen LogP contribution in [0, 0.1) is 27.7 Å². The number of carbonyl (C=O) groups is 1. The third-order valence-electron chi connectivity index (χ3n) is 5.64.